The van der Waals surface area contributed by atoms with Crippen molar-refractivity contribution in [2.75, 3.05) is 6.61 Å². The first kappa shape index (κ1) is 15.3. The summed E-state index contributed by atoms with van der Waals surface area (Å²) in [6.07, 6.45) is 0.834. The van der Waals surface area contributed by atoms with E-state index in [0.29, 0.717) is 24.9 Å². The van der Waals surface area contributed by atoms with E-state index in [-0.39, 0.29) is 0 Å². The number of ether oxygens (including phenoxy) is 1. The quantitative estimate of drug-likeness (QED) is 0.764. The number of aromatic nitrogens is 4. The minimum atomic E-state index is 0.313. The van der Waals surface area contributed by atoms with E-state index in [9.17, 15) is 0 Å². The van der Waals surface area contributed by atoms with Crippen LogP contribution in [0.3, 0.4) is 0 Å². The van der Waals surface area contributed by atoms with E-state index in [4.69, 9.17) is 15.5 Å². The van der Waals surface area contributed by atoms with E-state index in [0.717, 1.165) is 39.8 Å². The Morgan fingerprint density at radius 2 is 2.21 bits per heavy atom. The summed E-state index contributed by atoms with van der Waals surface area (Å²) in [5.41, 5.74) is 8.78. The third-order valence-corrected chi connectivity index (χ3v) is 5.17. The lowest BCUT2D eigenvalue weighted by molar-refractivity contribution is 0.327. The molecule has 0 amide bonds. The Kier molecular flexibility index (Phi) is 3.82. The lowest BCUT2D eigenvalue weighted by Crippen LogP contribution is -2.00. The summed E-state index contributed by atoms with van der Waals surface area (Å²) in [6.45, 7) is 5.32. The maximum atomic E-state index is 5.89. The molecule has 0 saturated carbocycles. The number of fused-ring (bicyclic) bond motifs is 3. The van der Waals surface area contributed by atoms with Gasteiger partial charge in [0.2, 0.25) is 5.82 Å². The van der Waals surface area contributed by atoms with Crippen LogP contribution in [0.4, 0.5) is 0 Å². The maximum absolute atomic E-state index is 5.89. The molecule has 0 aliphatic carbocycles. The Bertz CT molecular complexity index is 883. The van der Waals surface area contributed by atoms with Gasteiger partial charge in [0.15, 0.2) is 5.01 Å². The predicted octanol–water partition coefficient (Wildman–Crippen LogP) is 3.11. The Balaban J connectivity index is 1.78. The second-order valence-corrected chi connectivity index (χ2v) is 7.21. The molecule has 4 rings (SSSR count). The number of benzene rings is 1. The summed E-state index contributed by atoms with van der Waals surface area (Å²) in [6, 6.07) is 6.08. The fourth-order valence-electron chi connectivity index (χ4n) is 2.72. The van der Waals surface area contributed by atoms with Gasteiger partial charge >= 0.3 is 0 Å². The second-order valence-electron chi connectivity index (χ2n) is 6.12. The molecule has 24 heavy (non-hydrogen) atoms. The number of nitrogens with one attached hydrogen (secondary N) is 1. The molecule has 0 saturated heterocycles. The van der Waals surface area contributed by atoms with Crippen molar-refractivity contribution in [1.29, 1.82) is 0 Å². The lowest BCUT2D eigenvalue weighted by Gasteiger charge is -2.08. The Labute approximate surface area is 144 Å². The van der Waals surface area contributed by atoms with Gasteiger partial charge in [-0.1, -0.05) is 19.9 Å². The number of nitrogens with zero attached hydrogens (tertiary/aromatic N) is 3. The van der Waals surface area contributed by atoms with Gasteiger partial charge in [-0.25, -0.2) is 9.97 Å². The van der Waals surface area contributed by atoms with Crippen LogP contribution in [0.15, 0.2) is 18.2 Å². The third-order valence-electron chi connectivity index (χ3n) is 4.06. The van der Waals surface area contributed by atoms with Crippen molar-refractivity contribution in [3.05, 3.63) is 34.5 Å². The van der Waals surface area contributed by atoms with Gasteiger partial charge in [-0.05, 0) is 17.7 Å². The highest BCUT2D eigenvalue weighted by molar-refractivity contribution is 7.15. The fourth-order valence-corrected chi connectivity index (χ4v) is 3.71. The number of aromatic amines is 1. The maximum Gasteiger partial charge on any atom is 0.210 e. The minimum absolute atomic E-state index is 0.313. The van der Waals surface area contributed by atoms with Crippen LogP contribution in [0, 0.1) is 0 Å². The molecule has 1 aliphatic heterocycles. The number of hydrogen-bond donors (Lipinski definition) is 2. The van der Waals surface area contributed by atoms with Gasteiger partial charge in [-0.15, -0.1) is 11.3 Å². The molecule has 0 unspecified atom stereocenters. The van der Waals surface area contributed by atoms with Crippen molar-refractivity contribution < 1.29 is 4.74 Å². The molecule has 0 fully saturated rings. The SMILES string of the molecule is CC(C)c1nc(-c2nc3c(s2)CCOc2cc(CN)ccc2-3)n[nH]1. The van der Waals surface area contributed by atoms with Gasteiger partial charge < -0.3 is 10.5 Å². The largest absolute Gasteiger partial charge is 0.492 e. The summed E-state index contributed by atoms with van der Waals surface area (Å²) in [4.78, 5) is 10.6. The van der Waals surface area contributed by atoms with Crippen LogP contribution in [0.25, 0.3) is 22.1 Å². The molecular weight excluding hydrogens is 322 g/mol. The topological polar surface area (TPSA) is 89.7 Å². The van der Waals surface area contributed by atoms with Gasteiger partial charge in [-0.3, -0.25) is 5.10 Å². The lowest BCUT2D eigenvalue weighted by atomic mass is 10.1. The number of rotatable bonds is 3. The number of nitrogens with two attached hydrogens (primary N) is 1. The molecule has 0 bridgehead atoms. The minimum Gasteiger partial charge on any atom is -0.492 e. The Hall–Kier alpha value is -2.25. The highest BCUT2D eigenvalue weighted by Crippen LogP contribution is 2.40. The first-order chi connectivity index (χ1) is 11.7. The third kappa shape index (κ3) is 2.59. The molecule has 3 heterocycles. The van der Waals surface area contributed by atoms with Crippen molar-refractivity contribution in [2.45, 2.75) is 32.7 Å². The summed E-state index contributed by atoms with van der Waals surface area (Å²) in [7, 11) is 0. The molecular formula is C17H19N5OS. The standard InChI is InChI=1S/C17H19N5OS/c1-9(2)15-20-16(22-21-15)17-19-14-11-4-3-10(8-18)7-12(11)23-6-5-13(14)24-17/h3-4,7,9H,5-6,8,18H2,1-2H3,(H,20,21,22). The number of H-pyrrole nitrogens is 1. The molecule has 6 nitrogen and oxygen atoms in total. The zero-order valence-corrected chi connectivity index (χ0v) is 14.5. The van der Waals surface area contributed by atoms with Crippen LogP contribution in [-0.2, 0) is 13.0 Å². The van der Waals surface area contributed by atoms with Gasteiger partial charge in [0, 0.05) is 29.3 Å². The van der Waals surface area contributed by atoms with Crippen LogP contribution in [0.2, 0.25) is 0 Å². The summed E-state index contributed by atoms with van der Waals surface area (Å²) in [5, 5.41) is 8.17. The van der Waals surface area contributed by atoms with E-state index in [1.807, 2.05) is 18.2 Å². The summed E-state index contributed by atoms with van der Waals surface area (Å²) in [5.74, 6) is 2.71. The zero-order chi connectivity index (χ0) is 16.7. The molecule has 0 spiro atoms. The monoisotopic (exact) mass is 341 g/mol. The van der Waals surface area contributed by atoms with Crippen molar-refractivity contribution in [1.82, 2.24) is 20.2 Å². The van der Waals surface area contributed by atoms with E-state index in [1.54, 1.807) is 11.3 Å². The van der Waals surface area contributed by atoms with Crippen molar-refractivity contribution in [3.63, 3.8) is 0 Å². The summed E-state index contributed by atoms with van der Waals surface area (Å²) >= 11 is 1.64. The molecule has 2 aromatic heterocycles. The number of hydrogen-bond acceptors (Lipinski definition) is 6. The molecule has 3 aromatic rings. The zero-order valence-electron chi connectivity index (χ0n) is 13.7. The van der Waals surface area contributed by atoms with E-state index >= 15 is 0 Å². The van der Waals surface area contributed by atoms with Crippen LogP contribution in [-0.4, -0.2) is 26.8 Å². The smallest absolute Gasteiger partial charge is 0.210 e. The molecule has 0 radical (unpaired) electrons. The molecule has 3 N–H and O–H groups in total. The predicted molar refractivity (Wildman–Crippen MR) is 94.1 cm³/mol. The first-order valence-corrected chi connectivity index (χ1v) is 8.86. The number of thiazole rings is 1. The average Bonchev–Trinajstić information content (AvgIpc) is 3.19. The van der Waals surface area contributed by atoms with Crippen LogP contribution < -0.4 is 10.5 Å². The van der Waals surface area contributed by atoms with Gasteiger partial charge in [0.1, 0.15) is 11.6 Å². The molecule has 1 aromatic carbocycles. The van der Waals surface area contributed by atoms with E-state index in [2.05, 4.69) is 29.0 Å². The second kappa shape index (κ2) is 5.99. The van der Waals surface area contributed by atoms with Gasteiger partial charge in [0.05, 0.1) is 12.3 Å². The van der Waals surface area contributed by atoms with E-state index < -0.39 is 0 Å². The van der Waals surface area contributed by atoms with Crippen LogP contribution in [0.5, 0.6) is 5.75 Å². The highest BCUT2D eigenvalue weighted by Gasteiger charge is 2.22. The van der Waals surface area contributed by atoms with Crippen molar-refractivity contribution >= 4 is 11.3 Å². The highest BCUT2D eigenvalue weighted by atomic mass is 32.1. The normalized spacial score (nSPS) is 13.3. The Morgan fingerprint density at radius 3 is 2.96 bits per heavy atom. The molecule has 0 atom stereocenters. The van der Waals surface area contributed by atoms with Crippen LogP contribution >= 0.6 is 11.3 Å². The van der Waals surface area contributed by atoms with Gasteiger partial charge in [-0.2, -0.15) is 5.10 Å². The first-order valence-electron chi connectivity index (χ1n) is 8.04. The van der Waals surface area contributed by atoms with Crippen LogP contribution in [0.1, 0.15) is 36.0 Å². The summed E-state index contributed by atoms with van der Waals surface area (Å²) < 4.78 is 5.89. The van der Waals surface area contributed by atoms with Crippen molar-refractivity contribution in [2.24, 2.45) is 5.73 Å². The molecule has 1 aliphatic rings. The van der Waals surface area contributed by atoms with E-state index in [1.165, 1.54) is 4.88 Å². The fraction of sp³-hybridized carbons (Fsp3) is 0.353. The Morgan fingerprint density at radius 1 is 1.33 bits per heavy atom. The molecule has 124 valence electrons. The van der Waals surface area contributed by atoms with Crippen molar-refractivity contribution in [3.8, 4) is 27.8 Å². The average molecular weight is 341 g/mol. The molecule has 7 heteroatoms. The van der Waals surface area contributed by atoms with Gasteiger partial charge in [0.25, 0.3) is 0 Å².